The third-order valence-electron chi connectivity index (χ3n) is 5.24. The van der Waals surface area contributed by atoms with Crippen LogP contribution in [0.4, 0.5) is 5.82 Å². The number of piperazine rings is 1. The SMILES string of the molecule is CN=C(NCc1ccc(N2CCN(C)CC2)nc1)N(C)Cc1ccc(OC)cc1. The normalized spacial score (nSPS) is 15.3. The maximum absolute atomic E-state index is 5.22. The van der Waals surface area contributed by atoms with Crippen LogP contribution in [0.1, 0.15) is 11.1 Å². The number of aliphatic imine (C=N–C) groups is 1. The van der Waals surface area contributed by atoms with E-state index in [-0.39, 0.29) is 0 Å². The minimum absolute atomic E-state index is 0.690. The molecule has 0 aliphatic carbocycles. The number of nitrogens with one attached hydrogen (secondary N) is 1. The van der Waals surface area contributed by atoms with E-state index in [1.807, 2.05) is 32.4 Å². The third kappa shape index (κ3) is 5.84. The minimum Gasteiger partial charge on any atom is -0.497 e. The minimum atomic E-state index is 0.690. The number of nitrogens with zero attached hydrogens (tertiary/aromatic N) is 5. The van der Waals surface area contributed by atoms with Crippen molar-refractivity contribution >= 4 is 11.8 Å². The molecule has 1 N–H and O–H groups in total. The average Bonchev–Trinajstić information content (AvgIpc) is 2.76. The Bertz CT molecular complexity index is 782. The molecule has 0 bridgehead atoms. The van der Waals surface area contributed by atoms with E-state index in [2.05, 4.69) is 61.3 Å². The molecule has 1 saturated heterocycles. The summed E-state index contributed by atoms with van der Waals surface area (Å²) in [6, 6.07) is 12.4. The van der Waals surface area contributed by atoms with Crippen molar-refractivity contribution in [3.05, 3.63) is 53.7 Å². The molecule has 0 saturated carbocycles. The van der Waals surface area contributed by atoms with Gasteiger partial charge in [0.1, 0.15) is 11.6 Å². The molecule has 156 valence electrons. The van der Waals surface area contributed by atoms with Gasteiger partial charge in [-0.25, -0.2) is 4.98 Å². The average molecular weight is 397 g/mol. The summed E-state index contributed by atoms with van der Waals surface area (Å²) in [5.41, 5.74) is 2.34. The highest BCUT2D eigenvalue weighted by Gasteiger charge is 2.15. The zero-order valence-electron chi connectivity index (χ0n) is 17.9. The number of ether oxygens (including phenoxy) is 1. The number of likely N-dealkylation sites (N-methyl/N-ethyl adjacent to an activating group) is 1. The van der Waals surface area contributed by atoms with Gasteiger partial charge < -0.3 is 24.8 Å². The standard InChI is InChI=1S/C22H32N6O/c1-23-22(27(3)17-18-5-8-20(29-4)9-6-18)25-16-19-7-10-21(24-15-19)28-13-11-26(2)12-14-28/h5-10,15H,11-14,16-17H2,1-4H3,(H,23,25). The van der Waals surface area contributed by atoms with Crippen molar-refractivity contribution in [2.75, 3.05) is 59.3 Å². The van der Waals surface area contributed by atoms with Crippen LogP contribution in [0.5, 0.6) is 5.75 Å². The molecule has 1 aromatic carbocycles. The molecule has 7 heteroatoms. The fourth-order valence-corrected chi connectivity index (χ4v) is 3.39. The van der Waals surface area contributed by atoms with E-state index in [1.54, 1.807) is 7.11 Å². The molecule has 0 atom stereocenters. The lowest BCUT2D eigenvalue weighted by Gasteiger charge is -2.33. The van der Waals surface area contributed by atoms with Crippen molar-refractivity contribution in [1.29, 1.82) is 0 Å². The van der Waals surface area contributed by atoms with Crippen molar-refractivity contribution in [1.82, 2.24) is 20.1 Å². The molecule has 0 unspecified atom stereocenters. The van der Waals surface area contributed by atoms with Gasteiger partial charge in [0.15, 0.2) is 5.96 Å². The number of guanidine groups is 1. The van der Waals surface area contributed by atoms with Gasteiger partial charge in [-0.15, -0.1) is 0 Å². The predicted octanol–water partition coefficient (Wildman–Crippen LogP) is 2.05. The van der Waals surface area contributed by atoms with Crippen molar-refractivity contribution < 1.29 is 4.74 Å². The Labute approximate surface area is 174 Å². The molecule has 3 rings (SSSR count). The van der Waals surface area contributed by atoms with Gasteiger partial charge in [-0.3, -0.25) is 4.99 Å². The Hall–Kier alpha value is -2.80. The lowest BCUT2D eigenvalue weighted by Crippen LogP contribution is -2.44. The van der Waals surface area contributed by atoms with Gasteiger partial charge in [0, 0.05) is 59.6 Å². The predicted molar refractivity (Wildman–Crippen MR) is 119 cm³/mol. The fraction of sp³-hybridized carbons (Fsp3) is 0.455. The zero-order valence-corrected chi connectivity index (χ0v) is 17.9. The molecule has 1 fully saturated rings. The summed E-state index contributed by atoms with van der Waals surface area (Å²) in [7, 11) is 7.69. The summed E-state index contributed by atoms with van der Waals surface area (Å²) in [6.45, 7) is 5.69. The summed E-state index contributed by atoms with van der Waals surface area (Å²) < 4.78 is 5.22. The summed E-state index contributed by atoms with van der Waals surface area (Å²) in [4.78, 5) is 15.9. The first-order valence-electron chi connectivity index (χ1n) is 10.0. The maximum atomic E-state index is 5.22. The number of pyridine rings is 1. The van der Waals surface area contributed by atoms with Crippen LogP contribution in [0.25, 0.3) is 0 Å². The van der Waals surface area contributed by atoms with Crippen LogP contribution in [-0.2, 0) is 13.1 Å². The van der Waals surface area contributed by atoms with Crippen LogP contribution in [0.2, 0.25) is 0 Å². The number of hydrogen-bond acceptors (Lipinski definition) is 5. The smallest absolute Gasteiger partial charge is 0.193 e. The van der Waals surface area contributed by atoms with Crippen LogP contribution in [0, 0.1) is 0 Å². The van der Waals surface area contributed by atoms with Crippen molar-refractivity contribution in [3.8, 4) is 5.75 Å². The molecular formula is C22H32N6O. The van der Waals surface area contributed by atoms with Crippen LogP contribution in [0.15, 0.2) is 47.6 Å². The second kappa shape index (κ2) is 10.1. The molecule has 7 nitrogen and oxygen atoms in total. The highest BCUT2D eigenvalue weighted by Crippen LogP contribution is 2.14. The third-order valence-corrected chi connectivity index (χ3v) is 5.24. The molecule has 1 aromatic heterocycles. The molecular weight excluding hydrogens is 364 g/mol. The zero-order chi connectivity index (χ0) is 20.6. The first-order chi connectivity index (χ1) is 14.1. The topological polar surface area (TPSA) is 56.2 Å². The molecule has 1 aliphatic rings. The molecule has 29 heavy (non-hydrogen) atoms. The monoisotopic (exact) mass is 396 g/mol. The van der Waals surface area contributed by atoms with Crippen LogP contribution in [-0.4, -0.2) is 75.2 Å². The van der Waals surface area contributed by atoms with Crippen LogP contribution >= 0.6 is 0 Å². The van der Waals surface area contributed by atoms with Gasteiger partial charge in [0.05, 0.1) is 7.11 Å². The lowest BCUT2D eigenvalue weighted by molar-refractivity contribution is 0.312. The van der Waals surface area contributed by atoms with Gasteiger partial charge >= 0.3 is 0 Å². The van der Waals surface area contributed by atoms with E-state index in [0.717, 1.165) is 55.8 Å². The van der Waals surface area contributed by atoms with E-state index >= 15 is 0 Å². The Balaban J connectivity index is 1.51. The number of anilines is 1. The summed E-state index contributed by atoms with van der Waals surface area (Å²) >= 11 is 0. The summed E-state index contributed by atoms with van der Waals surface area (Å²) in [5, 5.41) is 3.42. The number of methoxy groups -OCH3 is 1. The van der Waals surface area contributed by atoms with Crippen molar-refractivity contribution in [2.45, 2.75) is 13.1 Å². The van der Waals surface area contributed by atoms with Gasteiger partial charge in [-0.05, 0) is 36.4 Å². The van der Waals surface area contributed by atoms with E-state index in [1.165, 1.54) is 5.56 Å². The van der Waals surface area contributed by atoms with Crippen molar-refractivity contribution in [3.63, 3.8) is 0 Å². The number of hydrogen-bond donors (Lipinski definition) is 1. The molecule has 0 amide bonds. The molecule has 0 radical (unpaired) electrons. The summed E-state index contributed by atoms with van der Waals surface area (Å²) in [5.74, 6) is 2.78. The van der Waals surface area contributed by atoms with Crippen LogP contribution in [0.3, 0.4) is 0 Å². The van der Waals surface area contributed by atoms with E-state index in [9.17, 15) is 0 Å². The number of aromatic nitrogens is 1. The van der Waals surface area contributed by atoms with Gasteiger partial charge in [-0.2, -0.15) is 0 Å². The molecule has 2 aromatic rings. The van der Waals surface area contributed by atoms with E-state index in [4.69, 9.17) is 4.74 Å². The second-order valence-electron chi connectivity index (χ2n) is 7.42. The highest BCUT2D eigenvalue weighted by molar-refractivity contribution is 5.79. The Morgan fingerprint density at radius 3 is 2.38 bits per heavy atom. The second-order valence-corrected chi connectivity index (χ2v) is 7.42. The largest absolute Gasteiger partial charge is 0.497 e. The lowest BCUT2D eigenvalue weighted by atomic mass is 10.2. The molecule has 2 heterocycles. The van der Waals surface area contributed by atoms with Gasteiger partial charge in [-0.1, -0.05) is 18.2 Å². The van der Waals surface area contributed by atoms with Crippen LogP contribution < -0.4 is 15.0 Å². The Morgan fingerprint density at radius 1 is 1.10 bits per heavy atom. The van der Waals surface area contributed by atoms with Gasteiger partial charge in [0.2, 0.25) is 0 Å². The Morgan fingerprint density at radius 2 is 1.79 bits per heavy atom. The number of benzene rings is 1. The van der Waals surface area contributed by atoms with Gasteiger partial charge in [0.25, 0.3) is 0 Å². The molecule has 0 spiro atoms. The first kappa shape index (κ1) is 20.9. The highest BCUT2D eigenvalue weighted by atomic mass is 16.5. The summed E-state index contributed by atoms with van der Waals surface area (Å²) in [6.07, 6.45) is 1.96. The Kier molecular flexibility index (Phi) is 7.30. The maximum Gasteiger partial charge on any atom is 0.193 e. The number of rotatable bonds is 6. The molecule has 1 aliphatic heterocycles. The fourth-order valence-electron chi connectivity index (χ4n) is 3.39. The van der Waals surface area contributed by atoms with E-state index < -0.39 is 0 Å². The quantitative estimate of drug-likeness (QED) is 0.596. The van der Waals surface area contributed by atoms with E-state index in [0.29, 0.717) is 6.54 Å². The first-order valence-corrected chi connectivity index (χ1v) is 10.0. The van der Waals surface area contributed by atoms with Crippen molar-refractivity contribution in [2.24, 2.45) is 4.99 Å².